The Hall–Kier alpha value is -8.86. The zero-order valence-electron chi connectivity index (χ0n) is 37.2. The molecular formula is C64H44N2O2. The Balaban J connectivity index is 0.950. The Morgan fingerprint density at radius 1 is 0.500 bits per heavy atom. The van der Waals surface area contributed by atoms with Gasteiger partial charge in [-0.05, 0) is 77.2 Å². The minimum atomic E-state index is 0.0889. The summed E-state index contributed by atoms with van der Waals surface area (Å²) in [6, 6.07) is 73.9. The molecule has 2 unspecified atom stereocenters. The highest BCUT2D eigenvalue weighted by atomic mass is 16.3. The van der Waals surface area contributed by atoms with Gasteiger partial charge in [-0.15, -0.1) is 0 Å². The van der Waals surface area contributed by atoms with Crippen LogP contribution in [0.1, 0.15) is 28.8 Å². The van der Waals surface area contributed by atoms with Crippen LogP contribution < -0.4 is 4.90 Å². The average molecular weight is 873 g/mol. The van der Waals surface area contributed by atoms with Crippen LogP contribution in [0.3, 0.4) is 0 Å². The Bertz CT molecular complexity index is 3920. The number of fused-ring (bicyclic) bond motifs is 9. The van der Waals surface area contributed by atoms with Crippen molar-refractivity contribution in [1.82, 2.24) is 4.57 Å². The van der Waals surface area contributed by atoms with E-state index in [1.54, 1.807) is 0 Å². The second-order valence-electron chi connectivity index (χ2n) is 17.6. The number of furan rings is 2. The fraction of sp³-hybridized carbons (Fsp3) is 0.0312. The van der Waals surface area contributed by atoms with Gasteiger partial charge in [-0.25, -0.2) is 0 Å². The van der Waals surface area contributed by atoms with Crippen molar-refractivity contribution in [2.24, 2.45) is 0 Å². The van der Waals surface area contributed by atoms with Crippen LogP contribution in [0.4, 0.5) is 17.1 Å². The summed E-state index contributed by atoms with van der Waals surface area (Å²) in [6.07, 6.45) is 12.9. The lowest BCUT2D eigenvalue weighted by molar-refractivity contribution is 0.576. The Morgan fingerprint density at radius 2 is 1.12 bits per heavy atom. The summed E-state index contributed by atoms with van der Waals surface area (Å²) in [5.41, 5.74) is 13.6. The van der Waals surface area contributed by atoms with Gasteiger partial charge < -0.3 is 18.3 Å². The molecule has 322 valence electrons. The van der Waals surface area contributed by atoms with Crippen molar-refractivity contribution < 1.29 is 8.83 Å². The van der Waals surface area contributed by atoms with E-state index in [4.69, 9.17) is 8.83 Å². The van der Waals surface area contributed by atoms with Crippen molar-refractivity contribution in [3.8, 4) is 11.1 Å². The van der Waals surface area contributed by atoms with E-state index in [1.165, 1.54) is 27.4 Å². The first-order valence-electron chi connectivity index (χ1n) is 23.3. The third-order valence-corrected chi connectivity index (χ3v) is 13.8. The summed E-state index contributed by atoms with van der Waals surface area (Å²) in [4.78, 5) is 2.37. The number of nitrogens with zero attached hydrogens (tertiary/aromatic N) is 2. The summed E-state index contributed by atoms with van der Waals surface area (Å²) >= 11 is 0. The van der Waals surface area contributed by atoms with Gasteiger partial charge in [0, 0.05) is 77.3 Å². The molecule has 0 fully saturated rings. The molecule has 0 bridgehead atoms. The summed E-state index contributed by atoms with van der Waals surface area (Å²) in [5, 5.41) is 8.09. The number of hydrogen-bond acceptors (Lipinski definition) is 3. The van der Waals surface area contributed by atoms with Gasteiger partial charge in [0.2, 0.25) is 0 Å². The van der Waals surface area contributed by atoms with Gasteiger partial charge in [0.25, 0.3) is 0 Å². The molecule has 4 nitrogen and oxygen atoms in total. The quantitative estimate of drug-likeness (QED) is 0.136. The maximum absolute atomic E-state index is 6.95. The normalized spacial score (nSPS) is 15.1. The lowest BCUT2D eigenvalue weighted by Gasteiger charge is -2.30. The smallest absolute Gasteiger partial charge is 0.143 e. The molecule has 0 aliphatic heterocycles. The molecule has 68 heavy (non-hydrogen) atoms. The largest absolute Gasteiger partial charge is 0.456 e. The van der Waals surface area contributed by atoms with E-state index in [9.17, 15) is 0 Å². The monoisotopic (exact) mass is 872 g/mol. The van der Waals surface area contributed by atoms with Crippen LogP contribution in [0.25, 0.3) is 82.2 Å². The van der Waals surface area contributed by atoms with Gasteiger partial charge in [-0.1, -0.05) is 189 Å². The summed E-state index contributed by atoms with van der Waals surface area (Å²) < 4.78 is 15.9. The number of rotatable bonds is 9. The number of anilines is 3. The zero-order chi connectivity index (χ0) is 45.1. The van der Waals surface area contributed by atoms with Gasteiger partial charge in [0.15, 0.2) is 0 Å². The van der Waals surface area contributed by atoms with Gasteiger partial charge in [-0.3, -0.25) is 0 Å². The Labute approximate surface area is 393 Å². The molecule has 0 radical (unpaired) electrons. The van der Waals surface area contributed by atoms with E-state index < -0.39 is 0 Å². The van der Waals surface area contributed by atoms with Crippen molar-refractivity contribution in [1.29, 1.82) is 0 Å². The van der Waals surface area contributed by atoms with Gasteiger partial charge >= 0.3 is 0 Å². The Kier molecular flexibility index (Phi) is 9.43. The van der Waals surface area contributed by atoms with Crippen LogP contribution in [0, 0.1) is 0 Å². The summed E-state index contributed by atoms with van der Waals surface area (Å²) in [7, 11) is 0. The minimum Gasteiger partial charge on any atom is -0.456 e. The third kappa shape index (κ3) is 6.45. The molecule has 9 aromatic carbocycles. The first-order chi connectivity index (χ1) is 33.7. The van der Waals surface area contributed by atoms with Crippen LogP contribution in [0.5, 0.6) is 0 Å². The van der Waals surface area contributed by atoms with Crippen LogP contribution in [0.15, 0.2) is 258 Å². The molecule has 3 aromatic heterocycles. The number of para-hydroxylation sites is 5. The van der Waals surface area contributed by atoms with Crippen molar-refractivity contribution in [2.45, 2.75) is 12.0 Å². The topological polar surface area (TPSA) is 34.5 Å². The van der Waals surface area contributed by atoms with Crippen LogP contribution in [-0.2, 0) is 0 Å². The molecule has 4 heteroatoms. The maximum atomic E-state index is 6.95. The molecule has 13 rings (SSSR count). The SMILES string of the molecule is C=C/C=C(/c1ccc(N(c2ccc(C3C=CC=CC3n3c4ccccc4c4ccccc43)cc2)c2ccccc2-c2cccc3c2oc2c4ccccc4ccc32)cc1)c1cc2ccccc2o1. The van der Waals surface area contributed by atoms with Gasteiger partial charge in [0.05, 0.1) is 11.7 Å². The van der Waals surface area contributed by atoms with Gasteiger partial charge in [0.1, 0.15) is 22.5 Å². The van der Waals surface area contributed by atoms with Crippen LogP contribution in [-0.4, -0.2) is 4.57 Å². The molecular weight excluding hydrogens is 829 g/mol. The number of hydrogen-bond donors (Lipinski definition) is 0. The molecule has 1 aliphatic rings. The number of benzene rings is 9. The molecule has 0 N–H and O–H groups in total. The van der Waals surface area contributed by atoms with Gasteiger partial charge in [-0.2, -0.15) is 0 Å². The molecule has 12 aromatic rings. The molecule has 0 spiro atoms. The molecule has 0 amide bonds. The van der Waals surface area contributed by atoms with E-state index in [-0.39, 0.29) is 12.0 Å². The minimum absolute atomic E-state index is 0.0889. The van der Waals surface area contributed by atoms with Crippen molar-refractivity contribution >= 4 is 88.1 Å². The molecule has 0 saturated carbocycles. The third-order valence-electron chi connectivity index (χ3n) is 13.8. The lowest BCUT2D eigenvalue weighted by atomic mass is 9.87. The maximum Gasteiger partial charge on any atom is 0.143 e. The van der Waals surface area contributed by atoms with E-state index >= 15 is 0 Å². The average Bonchev–Trinajstić information content (AvgIpc) is 4.11. The van der Waals surface area contributed by atoms with E-state index in [0.29, 0.717) is 0 Å². The highest BCUT2D eigenvalue weighted by molar-refractivity contribution is 6.17. The predicted molar refractivity (Wildman–Crippen MR) is 284 cm³/mol. The van der Waals surface area contributed by atoms with E-state index in [0.717, 1.165) is 88.8 Å². The van der Waals surface area contributed by atoms with Crippen LogP contribution >= 0.6 is 0 Å². The molecule has 0 saturated heterocycles. The number of allylic oxidation sites excluding steroid dienone is 6. The fourth-order valence-corrected chi connectivity index (χ4v) is 10.7. The number of aromatic nitrogens is 1. The van der Waals surface area contributed by atoms with Crippen molar-refractivity contribution in [2.75, 3.05) is 4.90 Å². The second kappa shape index (κ2) is 16.2. The molecule has 3 heterocycles. The first-order valence-corrected chi connectivity index (χ1v) is 23.3. The standard InChI is InChI=1S/C64H44N2O2/c1-2-16-49(62-41-45-18-4-14-30-61(45)67-62)44-33-38-47(39-34-44)65(58-27-11-9-23-53(58)54-24-15-25-55-56-40-35-42-17-3-5-20-50(42)63(56)68-64(54)55)46-36-31-43(32-37-46)48-19-6-10-26-57(48)66-59-28-12-7-21-51(59)52-22-8-13-29-60(52)66/h2-41,48,57H,1H2/b49-16-. The molecule has 2 atom stereocenters. The second-order valence-corrected chi connectivity index (χ2v) is 17.6. The summed E-state index contributed by atoms with van der Waals surface area (Å²) in [5.74, 6) is 0.914. The highest BCUT2D eigenvalue weighted by Crippen LogP contribution is 2.47. The van der Waals surface area contributed by atoms with Crippen molar-refractivity contribution in [3.05, 3.63) is 266 Å². The fourth-order valence-electron chi connectivity index (χ4n) is 10.7. The first kappa shape index (κ1) is 39.5. The molecule has 1 aliphatic carbocycles. The summed E-state index contributed by atoms with van der Waals surface area (Å²) in [6.45, 7) is 4.06. The highest BCUT2D eigenvalue weighted by Gasteiger charge is 2.27. The Morgan fingerprint density at radius 3 is 1.88 bits per heavy atom. The zero-order valence-corrected chi connectivity index (χ0v) is 37.2. The van der Waals surface area contributed by atoms with Crippen molar-refractivity contribution in [3.63, 3.8) is 0 Å². The van der Waals surface area contributed by atoms with E-state index in [1.807, 2.05) is 30.4 Å². The van der Waals surface area contributed by atoms with E-state index in [2.05, 4.69) is 228 Å². The van der Waals surface area contributed by atoms with Crippen LogP contribution in [0.2, 0.25) is 0 Å². The lowest BCUT2D eigenvalue weighted by Crippen LogP contribution is -2.17. The predicted octanol–water partition coefficient (Wildman–Crippen LogP) is 17.8.